The molecule has 1 saturated heterocycles. The summed E-state index contributed by atoms with van der Waals surface area (Å²) in [5.74, 6) is 0.440. The maximum Gasteiger partial charge on any atom is 0.107 e. The van der Waals surface area contributed by atoms with Crippen molar-refractivity contribution in [3.05, 3.63) is 24.8 Å². The van der Waals surface area contributed by atoms with Gasteiger partial charge in [0.2, 0.25) is 0 Å². The predicted molar refractivity (Wildman–Crippen MR) is 59.5 cm³/mol. The molecule has 3 heteroatoms. The third-order valence-electron chi connectivity index (χ3n) is 2.71. The highest BCUT2D eigenvalue weighted by Gasteiger charge is 2.38. The molecule has 0 bridgehead atoms. The first kappa shape index (κ1) is 12.4. The smallest absolute Gasteiger partial charge is 0.107 e. The average Bonchev–Trinajstić information content (AvgIpc) is 3.01. The Labute approximate surface area is 91.1 Å². The fraction of sp³-hybridized carbons (Fsp3) is 0.667. The van der Waals surface area contributed by atoms with E-state index in [-0.39, 0.29) is 25.4 Å². The Bertz CT molecular complexity index is 213. The topological polar surface area (TPSA) is 53.0 Å². The highest BCUT2D eigenvalue weighted by molar-refractivity contribution is 4.92. The molecule has 15 heavy (non-hydrogen) atoms. The Hall–Kier alpha value is -0.640. The molecule has 2 N–H and O–H groups in total. The first-order valence-corrected chi connectivity index (χ1v) is 5.46. The number of ether oxygens (including phenoxy) is 1. The van der Waals surface area contributed by atoms with E-state index in [1.807, 2.05) is 12.2 Å². The van der Waals surface area contributed by atoms with E-state index >= 15 is 0 Å². The van der Waals surface area contributed by atoms with Gasteiger partial charge in [0, 0.05) is 0 Å². The molecule has 0 amide bonds. The van der Waals surface area contributed by atoms with Crippen molar-refractivity contribution in [2.45, 2.75) is 31.5 Å². The van der Waals surface area contributed by atoms with Crippen LogP contribution in [0.3, 0.4) is 0 Å². The number of aliphatic hydroxyl groups is 2. The molecule has 0 aliphatic carbocycles. The van der Waals surface area contributed by atoms with Gasteiger partial charge in [0.25, 0.3) is 0 Å². The van der Waals surface area contributed by atoms with E-state index in [9.17, 15) is 0 Å². The Morgan fingerprint density at radius 1 is 1.27 bits per heavy atom. The van der Waals surface area contributed by atoms with Crippen LogP contribution in [0, 0.1) is 5.92 Å². The minimum Gasteiger partial charge on any atom is -0.394 e. The van der Waals surface area contributed by atoms with Gasteiger partial charge in [0.1, 0.15) is 6.10 Å². The number of rotatable bonds is 8. The normalized spacial score (nSPS) is 26.8. The van der Waals surface area contributed by atoms with Gasteiger partial charge >= 0.3 is 0 Å². The molecule has 0 aromatic heterocycles. The van der Waals surface area contributed by atoms with Gasteiger partial charge in [0.15, 0.2) is 0 Å². The van der Waals surface area contributed by atoms with Crippen LogP contribution >= 0.6 is 0 Å². The fourth-order valence-corrected chi connectivity index (χ4v) is 1.68. The molecule has 1 aliphatic heterocycles. The summed E-state index contributed by atoms with van der Waals surface area (Å²) in [5, 5.41) is 17.4. The van der Waals surface area contributed by atoms with Crippen LogP contribution in [0.1, 0.15) is 19.3 Å². The molecule has 0 aromatic rings. The van der Waals surface area contributed by atoms with Gasteiger partial charge in [-0.05, 0) is 25.2 Å². The summed E-state index contributed by atoms with van der Waals surface area (Å²) in [6.07, 6.45) is 8.88. The van der Waals surface area contributed by atoms with Gasteiger partial charge in [-0.2, -0.15) is 0 Å². The summed E-state index contributed by atoms with van der Waals surface area (Å²) in [6.45, 7) is 4.03. The van der Waals surface area contributed by atoms with E-state index in [4.69, 9.17) is 14.9 Å². The standard InChI is InChI=1S/C12H20O3/c1-2-10(6-4-3-5-7-13)8-11-12(9-14)15-11/h2-3,5,10-14H,1,4,6-9H2/b5-3-. The largest absolute Gasteiger partial charge is 0.394 e. The molecule has 3 atom stereocenters. The molecule has 1 aliphatic rings. The first-order valence-electron chi connectivity index (χ1n) is 5.46. The molecule has 0 radical (unpaired) electrons. The Morgan fingerprint density at radius 2 is 2.07 bits per heavy atom. The zero-order chi connectivity index (χ0) is 11.1. The molecule has 0 spiro atoms. The van der Waals surface area contributed by atoms with Gasteiger partial charge in [-0.25, -0.2) is 0 Å². The predicted octanol–water partition coefficient (Wildman–Crippen LogP) is 1.27. The fourth-order valence-electron chi connectivity index (χ4n) is 1.68. The van der Waals surface area contributed by atoms with Crippen LogP contribution < -0.4 is 0 Å². The molecular weight excluding hydrogens is 192 g/mol. The molecule has 3 nitrogen and oxygen atoms in total. The molecule has 1 fully saturated rings. The summed E-state index contributed by atoms with van der Waals surface area (Å²) < 4.78 is 5.27. The maximum absolute atomic E-state index is 8.82. The SMILES string of the molecule is C=CC(CC/C=C\CO)CC1OC1CO. The second kappa shape index (κ2) is 6.77. The van der Waals surface area contributed by atoms with Crippen molar-refractivity contribution >= 4 is 0 Å². The lowest BCUT2D eigenvalue weighted by molar-refractivity contribution is 0.241. The van der Waals surface area contributed by atoms with Gasteiger partial charge in [-0.3, -0.25) is 0 Å². The number of aliphatic hydroxyl groups excluding tert-OH is 2. The van der Waals surface area contributed by atoms with E-state index in [1.54, 1.807) is 6.08 Å². The molecular formula is C12H20O3. The van der Waals surface area contributed by atoms with E-state index in [1.165, 1.54) is 0 Å². The highest BCUT2D eigenvalue weighted by Crippen LogP contribution is 2.30. The molecule has 1 rings (SSSR count). The van der Waals surface area contributed by atoms with Crippen LogP contribution in [-0.4, -0.2) is 35.6 Å². The van der Waals surface area contributed by atoms with Gasteiger partial charge in [-0.15, -0.1) is 6.58 Å². The van der Waals surface area contributed by atoms with E-state index in [0.29, 0.717) is 5.92 Å². The quantitative estimate of drug-likeness (QED) is 0.470. The molecule has 86 valence electrons. The molecule has 0 aromatic carbocycles. The van der Waals surface area contributed by atoms with Crippen molar-refractivity contribution < 1.29 is 14.9 Å². The maximum atomic E-state index is 8.82. The van der Waals surface area contributed by atoms with Crippen LogP contribution in [0.25, 0.3) is 0 Å². The summed E-state index contributed by atoms with van der Waals surface area (Å²) in [5.41, 5.74) is 0. The number of hydrogen-bond acceptors (Lipinski definition) is 3. The molecule has 1 heterocycles. The number of allylic oxidation sites excluding steroid dienone is 2. The minimum atomic E-state index is 0.0560. The van der Waals surface area contributed by atoms with Crippen LogP contribution in [0.4, 0.5) is 0 Å². The lowest BCUT2D eigenvalue weighted by atomic mass is 9.96. The Balaban J connectivity index is 2.13. The lowest BCUT2D eigenvalue weighted by Crippen LogP contribution is -2.05. The van der Waals surface area contributed by atoms with E-state index < -0.39 is 0 Å². The summed E-state index contributed by atoms with van der Waals surface area (Å²) >= 11 is 0. The van der Waals surface area contributed by atoms with Crippen molar-refractivity contribution in [3.63, 3.8) is 0 Å². The molecule has 3 unspecified atom stereocenters. The number of hydrogen-bond donors (Lipinski definition) is 2. The second-order valence-corrected chi connectivity index (χ2v) is 3.86. The molecule has 0 saturated carbocycles. The highest BCUT2D eigenvalue weighted by atomic mass is 16.6. The van der Waals surface area contributed by atoms with E-state index in [2.05, 4.69) is 6.58 Å². The van der Waals surface area contributed by atoms with Crippen LogP contribution in [0.2, 0.25) is 0 Å². The zero-order valence-electron chi connectivity index (χ0n) is 9.01. The average molecular weight is 212 g/mol. The van der Waals surface area contributed by atoms with Crippen LogP contribution in [-0.2, 0) is 4.74 Å². The van der Waals surface area contributed by atoms with Crippen molar-refractivity contribution in [1.82, 2.24) is 0 Å². The third-order valence-corrected chi connectivity index (χ3v) is 2.71. The Morgan fingerprint density at radius 3 is 2.60 bits per heavy atom. The first-order chi connectivity index (χ1) is 7.31. The second-order valence-electron chi connectivity index (χ2n) is 3.86. The van der Waals surface area contributed by atoms with Gasteiger partial charge in [0.05, 0.1) is 19.3 Å². The van der Waals surface area contributed by atoms with Gasteiger partial charge < -0.3 is 14.9 Å². The van der Waals surface area contributed by atoms with Crippen molar-refractivity contribution in [1.29, 1.82) is 0 Å². The monoisotopic (exact) mass is 212 g/mol. The van der Waals surface area contributed by atoms with Crippen molar-refractivity contribution in [3.8, 4) is 0 Å². The van der Waals surface area contributed by atoms with Crippen LogP contribution in [0.5, 0.6) is 0 Å². The third kappa shape index (κ3) is 4.60. The zero-order valence-corrected chi connectivity index (χ0v) is 9.01. The van der Waals surface area contributed by atoms with Gasteiger partial charge in [-0.1, -0.05) is 18.2 Å². The lowest BCUT2D eigenvalue weighted by Gasteiger charge is -2.08. The van der Waals surface area contributed by atoms with Crippen molar-refractivity contribution in [2.24, 2.45) is 5.92 Å². The Kier molecular flexibility index (Phi) is 5.61. The summed E-state index contributed by atoms with van der Waals surface area (Å²) in [7, 11) is 0. The minimum absolute atomic E-state index is 0.0560. The van der Waals surface area contributed by atoms with E-state index in [0.717, 1.165) is 19.3 Å². The summed E-state index contributed by atoms with van der Waals surface area (Å²) in [6, 6.07) is 0. The number of epoxide rings is 1. The summed E-state index contributed by atoms with van der Waals surface area (Å²) in [4.78, 5) is 0. The van der Waals surface area contributed by atoms with Crippen LogP contribution in [0.15, 0.2) is 24.8 Å². The van der Waals surface area contributed by atoms with Crippen molar-refractivity contribution in [2.75, 3.05) is 13.2 Å².